The predicted octanol–water partition coefficient (Wildman–Crippen LogP) is 1.50. The van der Waals surface area contributed by atoms with Gasteiger partial charge in [-0.3, -0.25) is 0 Å². The normalized spacial score (nSPS) is 31.0. The van der Waals surface area contributed by atoms with E-state index in [9.17, 15) is 10.2 Å². The van der Waals surface area contributed by atoms with Gasteiger partial charge in [-0.05, 0) is 50.1 Å². The van der Waals surface area contributed by atoms with Crippen LogP contribution in [-0.4, -0.2) is 45.5 Å². The fraction of sp³-hybridized carbons (Fsp3) is 0.778. The molecule has 0 amide bonds. The van der Waals surface area contributed by atoms with Gasteiger partial charge in [0, 0.05) is 36.4 Å². The number of nitrogens with one attached hydrogen (secondary N) is 1. The summed E-state index contributed by atoms with van der Waals surface area (Å²) in [5, 5.41) is 23.6. The smallest absolute Gasteiger partial charge is 0.131 e. The van der Waals surface area contributed by atoms with Crippen LogP contribution >= 0.6 is 0 Å². The first-order chi connectivity index (χ1) is 11.1. The number of rotatable bonds is 7. The molecule has 4 atom stereocenters. The summed E-state index contributed by atoms with van der Waals surface area (Å²) in [5.41, 5.74) is 1.04. The molecular formula is C18H29N3O2. The predicted molar refractivity (Wildman–Crippen MR) is 89.0 cm³/mol. The second-order valence-corrected chi connectivity index (χ2v) is 7.61. The molecule has 2 fully saturated rings. The highest BCUT2D eigenvalue weighted by molar-refractivity contribution is 5.12. The third-order valence-corrected chi connectivity index (χ3v) is 5.17. The first kappa shape index (κ1) is 16.8. The zero-order chi connectivity index (χ0) is 16.4. The maximum Gasteiger partial charge on any atom is 0.131 e. The van der Waals surface area contributed by atoms with E-state index in [1.165, 1.54) is 12.8 Å². The Morgan fingerprint density at radius 2 is 2.09 bits per heavy atom. The number of aliphatic hydroxyl groups excluding tert-OH is 2. The second-order valence-electron chi connectivity index (χ2n) is 7.61. The molecule has 1 aromatic rings. The molecule has 1 aromatic heterocycles. The summed E-state index contributed by atoms with van der Waals surface area (Å²) in [6, 6.07) is 2.22. The summed E-state index contributed by atoms with van der Waals surface area (Å²) in [6.45, 7) is 5.34. The average Bonchev–Trinajstić information content (AvgIpc) is 3.32. The SMILES string of the molecule is CC(C)CN[C@@H]1C[C@@H](O)[C@H](CO)[C@H]1Cc1ccnc(C2CC2)n1. The van der Waals surface area contributed by atoms with Crippen molar-refractivity contribution < 1.29 is 10.2 Å². The van der Waals surface area contributed by atoms with Gasteiger partial charge < -0.3 is 15.5 Å². The van der Waals surface area contributed by atoms with Gasteiger partial charge in [0.25, 0.3) is 0 Å². The summed E-state index contributed by atoms with van der Waals surface area (Å²) in [6.07, 6.45) is 5.32. The molecule has 3 rings (SSSR count). The molecule has 128 valence electrons. The molecule has 0 aliphatic heterocycles. The minimum Gasteiger partial charge on any atom is -0.396 e. The van der Waals surface area contributed by atoms with Gasteiger partial charge in [-0.2, -0.15) is 0 Å². The van der Waals surface area contributed by atoms with E-state index < -0.39 is 6.10 Å². The van der Waals surface area contributed by atoms with Crippen LogP contribution in [0.4, 0.5) is 0 Å². The van der Waals surface area contributed by atoms with Crippen LogP contribution in [0.15, 0.2) is 12.3 Å². The molecule has 1 heterocycles. The van der Waals surface area contributed by atoms with Crippen LogP contribution in [0, 0.1) is 17.8 Å². The molecular weight excluding hydrogens is 290 g/mol. The minimum atomic E-state index is -0.431. The highest BCUT2D eigenvalue weighted by Gasteiger charge is 2.42. The lowest BCUT2D eigenvalue weighted by Crippen LogP contribution is -2.38. The summed E-state index contributed by atoms with van der Waals surface area (Å²) in [7, 11) is 0. The Kier molecular flexibility index (Phi) is 5.29. The van der Waals surface area contributed by atoms with Crippen molar-refractivity contribution in [1.29, 1.82) is 0 Å². The zero-order valence-corrected chi connectivity index (χ0v) is 14.2. The van der Waals surface area contributed by atoms with E-state index in [0.717, 1.165) is 24.5 Å². The van der Waals surface area contributed by atoms with Gasteiger partial charge in [0.1, 0.15) is 5.82 Å². The van der Waals surface area contributed by atoms with Crippen molar-refractivity contribution in [3.63, 3.8) is 0 Å². The van der Waals surface area contributed by atoms with Crippen molar-refractivity contribution in [3.05, 3.63) is 23.8 Å². The molecule has 5 heteroatoms. The first-order valence-corrected chi connectivity index (χ1v) is 8.92. The van der Waals surface area contributed by atoms with E-state index in [0.29, 0.717) is 18.3 Å². The van der Waals surface area contributed by atoms with Crippen molar-refractivity contribution in [2.75, 3.05) is 13.2 Å². The fourth-order valence-electron chi connectivity index (χ4n) is 3.67. The molecule has 2 saturated carbocycles. The first-order valence-electron chi connectivity index (χ1n) is 8.92. The molecule has 0 aromatic carbocycles. The van der Waals surface area contributed by atoms with Gasteiger partial charge in [-0.1, -0.05) is 13.8 Å². The van der Waals surface area contributed by atoms with Crippen LogP contribution in [0.5, 0.6) is 0 Å². The van der Waals surface area contributed by atoms with Crippen LogP contribution in [0.3, 0.4) is 0 Å². The van der Waals surface area contributed by atoms with Crippen molar-refractivity contribution in [2.24, 2.45) is 17.8 Å². The number of hydrogen-bond donors (Lipinski definition) is 3. The lowest BCUT2D eigenvalue weighted by Gasteiger charge is -2.25. The molecule has 0 spiro atoms. The lowest BCUT2D eigenvalue weighted by atomic mass is 9.88. The number of nitrogens with zero attached hydrogens (tertiary/aromatic N) is 2. The lowest BCUT2D eigenvalue weighted by molar-refractivity contribution is 0.0716. The Hall–Kier alpha value is -1.04. The molecule has 2 aliphatic rings. The molecule has 2 aliphatic carbocycles. The summed E-state index contributed by atoms with van der Waals surface area (Å²) >= 11 is 0. The monoisotopic (exact) mass is 319 g/mol. The van der Waals surface area contributed by atoms with Crippen molar-refractivity contribution in [2.45, 2.75) is 57.6 Å². The summed E-state index contributed by atoms with van der Waals surface area (Å²) in [4.78, 5) is 9.10. The van der Waals surface area contributed by atoms with E-state index in [1.54, 1.807) is 0 Å². The zero-order valence-electron chi connectivity index (χ0n) is 14.2. The summed E-state index contributed by atoms with van der Waals surface area (Å²) in [5.74, 6) is 2.23. The molecule has 0 saturated heterocycles. The van der Waals surface area contributed by atoms with Crippen molar-refractivity contribution >= 4 is 0 Å². The van der Waals surface area contributed by atoms with E-state index >= 15 is 0 Å². The van der Waals surface area contributed by atoms with Gasteiger partial charge >= 0.3 is 0 Å². The fourth-order valence-corrected chi connectivity index (χ4v) is 3.67. The van der Waals surface area contributed by atoms with Crippen LogP contribution in [0.2, 0.25) is 0 Å². The maximum atomic E-state index is 10.3. The molecule has 5 nitrogen and oxygen atoms in total. The van der Waals surface area contributed by atoms with Crippen LogP contribution < -0.4 is 5.32 Å². The number of aromatic nitrogens is 2. The number of aliphatic hydroxyl groups is 2. The second kappa shape index (κ2) is 7.24. The molecule has 0 unspecified atom stereocenters. The van der Waals surface area contributed by atoms with Gasteiger partial charge in [0.15, 0.2) is 0 Å². The van der Waals surface area contributed by atoms with Crippen LogP contribution in [0.1, 0.15) is 50.5 Å². The molecule has 23 heavy (non-hydrogen) atoms. The van der Waals surface area contributed by atoms with Gasteiger partial charge in [-0.15, -0.1) is 0 Å². The average molecular weight is 319 g/mol. The molecule has 3 N–H and O–H groups in total. The van der Waals surface area contributed by atoms with Crippen LogP contribution in [-0.2, 0) is 6.42 Å². The largest absolute Gasteiger partial charge is 0.396 e. The van der Waals surface area contributed by atoms with E-state index in [-0.39, 0.29) is 24.5 Å². The standard InChI is InChI=1S/C18H29N3O2/c1-11(2)9-20-16-8-17(23)15(10-22)14(16)7-13-5-6-19-18(21-13)12-3-4-12/h5-6,11-12,14-17,20,22-23H,3-4,7-10H2,1-2H3/t14-,15-,16-,17-/m1/s1. The van der Waals surface area contributed by atoms with Gasteiger partial charge in [-0.25, -0.2) is 9.97 Å². The van der Waals surface area contributed by atoms with Crippen LogP contribution in [0.25, 0.3) is 0 Å². The topological polar surface area (TPSA) is 78.3 Å². The van der Waals surface area contributed by atoms with E-state index in [1.807, 2.05) is 12.3 Å². The van der Waals surface area contributed by atoms with Gasteiger partial charge in [0.2, 0.25) is 0 Å². The summed E-state index contributed by atoms with van der Waals surface area (Å²) < 4.78 is 0. The molecule has 0 radical (unpaired) electrons. The van der Waals surface area contributed by atoms with Gasteiger partial charge in [0.05, 0.1) is 6.10 Å². The Labute approximate surface area is 138 Å². The Bertz CT molecular complexity index is 519. The highest BCUT2D eigenvalue weighted by atomic mass is 16.3. The quantitative estimate of drug-likeness (QED) is 0.710. The third kappa shape index (κ3) is 4.08. The third-order valence-electron chi connectivity index (χ3n) is 5.17. The van der Waals surface area contributed by atoms with Crippen molar-refractivity contribution in [3.8, 4) is 0 Å². The minimum absolute atomic E-state index is 0.0340. The Balaban J connectivity index is 1.71. The Morgan fingerprint density at radius 1 is 1.30 bits per heavy atom. The number of hydrogen-bond acceptors (Lipinski definition) is 5. The maximum absolute atomic E-state index is 10.3. The highest BCUT2D eigenvalue weighted by Crippen LogP contribution is 2.38. The van der Waals surface area contributed by atoms with E-state index in [4.69, 9.17) is 4.98 Å². The Morgan fingerprint density at radius 3 is 2.74 bits per heavy atom. The molecule has 0 bridgehead atoms. The van der Waals surface area contributed by atoms with Crippen molar-refractivity contribution in [1.82, 2.24) is 15.3 Å². The van der Waals surface area contributed by atoms with E-state index in [2.05, 4.69) is 24.1 Å².